The third-order valence-corrected chi connectivity index (χ3v) is 4.49. The fourth-order valence-electron chi connectivity index (χ4n) is 3.20. The molecule has 0 saturated carbocycles. The molecule has 0 amide bonds. The Kier molecular flexibility index (Phi) is 3.50. The Hall–Kier alpha value is -1.46. The van der Waals surface area contributed by atoms with Gasteiger partial charge in [-0.3, -0.25) is 4.79 Å². The zero-order valence-corrected chi connectivity index (χ0v) is 12.7. The van der Waals surface area contributed by atoms with Crippen LogP contribution < -0.4 is 15.2 Å². The van der Waals surface area contributed by atoms with Crippen LogP contribution in [0.3, 0.4) is 0 Å². The molecule has 3 N–H and O–H groups in total. The Labute approximate surface area is 128 Å². The predicted molar refractivity (Wildman–Crippen MR) is 78.5 cm³/mol. The number of hydrogen-bond acceptors (Lipinski definition) is 4. The molecule has 0 bridgehead atoms. The molecule has 114 valence electrons. The molecule has 1 aromatic rings. The topological polar surface area (TPSA) is 81.8 Å². The SMILES string of the molecule is CC1Cc2c(c(Cl)c3c(c2C(CN)C(=O)O)OC(C)C3)O1. The zero-order chi connectivity index (χ0) is 15.3. The van der Waals surface area contributed by atoms with Crippen molar-refractivity contribution in [2.45, 2.75) is 44.8 Å². The minimum atomic E-state index is -0.952. The number of rotatable bonds is 3. The van der Waals surface area contributed by atoms with Crippen molar-refractivity contribution in [3.63, 3.8) is 0 Å². The molecule has 6 heteroatoms. The van der Waals surface area contributed by atoms with Gasteiger partial charge in [-0.25, -0.2) is 0 Å². The first-order chi connectivity index (χ1) is 9.93. The molecule has 0 radical (unpaired) electrons. The first-order valence-corrected chi connectivity index (χ1v) is 7.45. The smallest absolute Gasteiger partial charge is 0.312 e. The molecule has 2 heterocycles. The molecule has 5 nitrogen and oxygen atoms in total. The summed E-state index contributed by atoms with van der Waals surface area (Å²) in [5.41, 5.74) is 8.01. The Morgan fingerprint density at radius 3 is 2.43 bits per heavy atom. The van der Waals surface area contributed by atoms with Crippen molar-refractivity contribution >= 4 is 17.6 Å². The average molecular weight is 312 g/mol. The Balaban J connectivity index is 2.26. The minimum Gasteiger partial charge on any atom is -0.490 e. The number of ether oxygens (including phenoxy) is 2. The maximum absolute atomic E-state index is 11.6. The number of halogens is 1. The van der Waals surface area contributed by atoms with E-state index in [0.29, 0.717) is 34.9 Å². The molecule has 0 fully saturated rings. The lowest BCUT2D eigenvalue weighted by Crippen LogP contribution is -2.23. The summed E-state index contributed by atoms with van der Waals surface area (Å²) >= 11 is 6.45. The molecule has 2 aliphatic heterocycles. The summed E-state index contributed by atoms with van der Waals surface area (Å²) in [6.45, 7) is 3.89. The van der Waals surface area contributed by atoms with Crippen molar-refractivity contribution in [1.82, 2.24) is 0 Å². The second-order valence-corrected chi connectivity index (χ2v) is 6.11. The van der Waals surface area contributed by atoms with Crippen LogP contribution in [-0.2, 0) is 17.6 Å². The number of aliphatic carboxylic acids is 1. The van der Waals surface area contributed by atoms with Crippen LogP contribution in [0.4, 0.5) is 0 Å². The average Bonchev–Trinajstić information content (AvgIpc) is 2.97. The standard InChI is InChI=1S/C15H18ClNO4/c1-6-3-8-11(10(5-17)15(18)19)13-9(4-7(2)20-13)12(16)14(8)21-6/h6-7,10H,3-5,17H2,1-2H3,(H,18,19). The van der Waals surface area contributed by atoms with E-state index >= 15 is 0 Å². The van der Waals surface area contributed by atoms with E-state index in [1.165, 1.54) is 0 Å². The second kappa shape index (κ2) is 5.07. The van der Waals surface area contributed by atoms with Crippen molar-refractivity contribution in [2.75, 3.05) is 6.54 Å². The number of fused-ring (bicyclic) bond motifs is 2. The van der Waals surface area contributed by atoms with Gasteiger partial charge in [0.05, 0.1) is 10.9 Å². The van der Waals surface area contributed by atoms with Crippen molar-refractivity contribution in [1.29, 1.82) is 0 Å². The van der Waals surface area contributed by atoms with E-state index in [0.717, 1.165) is 11.1 Å². The number of carboxylic acids is 1. The maximum Gasteiger partial charge on any atom is 0.312 e. The van der Waals surface area contributed by atoms with Crippen LogP contribution in [0.5, 0.6) is 11.5 Å². The predicted octanol–water partition coefficient (Wildman–Crippen LogP) is 2.11. The van der Waals surface area contributed by atoms with Gasteiger partial charge in [-0.15, -0.1) is 0 Å². The Morgan fingerprint density at radius 1 is 1.29 bits per heavy atom. The minimum absolute atomic E-state index is 0.0158. The second-order valence-electron chi connectivity index (χ2n) is 5.73. The summed E-state index contributed by atoms with van der Waals surface area (Å²) in [6.07, 6.45) is 1.23. The van der Waals surface area contributed by atoms with Crippen molar-refractivity contribution in [3.8, 4) is 11.5 Å². The normalized spacial score (nSPS) is 24.0. The van der Waals surface area contributed by atoms with Crippen molar-refractivity contribution in [3.05, 3.63) is 21.7 Å². The highest BCUT2D eigenvalue weighted by atomic mass is 35.5. The maximum atomic E-state index is 11.6. The lowest BCUT2D eigenvalue weighted by Gasteiger charge is -2.19. The van der Waals surface area contributed by atoms with E-state index in [4.69, 9.17) is 26.8 Å². The third kappa shape index (κ3) is 2.15. The van der Waals surface area contributed by atoms with Crippen LogP contribution in [0.2, 0.25) is 5.02 Å². The van der Waals surface area contributed by atoms with Gasteiger partial charge >= 0.3 is 5.97 Å². The molecule has 3 atom stereocenters. The largest absolute Gasteiger partial charge is 0.490 e. The summed E-state index contributed by atoms with van der Waals surface area (Å²) in [5, 5.41) is 10.0. The summed E-state index contributed by atoms with van der Waals surface area (Å²) in [4.78, 5) is 11.6. The van der Waals surface area contributed by atoms with Crippen LogP contribution in [-0.4, -0.2) is 29.8 Å². The molecular formula is C15H18ClNO4. The monoisotopic (exact) mass is 311 g/mol. The van der Waals surface area contributed by atoms with Gasteiger partial charge in [-0.05, 0) is 13.8 Å². The van der Waals surface area contributed by atoms with E-state index in [1.54, 1.807) is 0 Å². The summed E-state index contributed by atoms with van der Waals surface area (Å²) in [7, 11) is 0. The number of carbonyl (C=O) groups is 1. The molecule has 0 aromatic heterocycles. The first kappa shape index (κ1) is 14.5. The summed E-state index contributed by atoms with van der Waals surface area (Å²) < 4.78 is 11.6. The molecule has 3 rings (SSSR count). The van der Waals surface area contributed by atoms with Gasteiger partial charge in [0.25, 0.3) is 0 Å². The van der Waals surface area contributed by atoms with Crippen LogP contribution in [0.15, 0.2) is 0 Å². The van der Waals surface area contributed by atoms with Gasteiger partial charge in [0.15, 0.2) is 0 Å². The fraction of sp³-hybridized carbons (Fsp3) is 0.533. The molecule has 21 heavy (non-hydrogen) atoms. The quantitative estimate of drug-likeness (QED) is 0.893. The number of hydrogen-bond donors (Lipinski definition) is 2. The van der Waals surface area contributed by atoms with Crippen LogP contribution in [0, 0.1) is 0 Å². The van der Waals surface area contributed by atoms with Crippen LogP contribution in [0.1, 0.15) is 36.5 Å². The number of carboxylic acid groups (broad SMARTS) is 1. The lowest BCUT2D eigenvalue weighted by molar-refractivity contribution is -0.138. The highest BCUT2D eigenvalue weighted by Gasteiger charge is 2.39. The molecule has 3 unspecified atom stereocenters. The lowest BCUT2D eigenvalue weighted by atomic mass is 9.89. The van der Waals surface area contributed by atoms with Gasteiger partial charge in [-0.2, -0.15) is 0 Å². The van der Waals surface area contributed by atoms with Gasteiger partial charge in [0.1, 0.15) is 23.7 Å². The summed E-state index contributed by atoms with van der Waals surface area (Å²) in [6, 6.07) is 0. The highest BCUT2D eigenvalue weighted by molar-refractivity contribution is 6.33. The van der Waals surface area contributed by atoms with Gasteiger partial charge < -0.3 is 20.3 Å². The van der Waals surface area contributed by atoms with Crippen LogP contribution >= 0.6 is 11.6 Å². The third-order valence-electron chi connectivity index (χ3n) is 4.09. The zero-order valence-electron chi connectivity index (χ0n) is 12.0. The highest BCUT2D eigenvalue weighted by Crippen LogP contribution is 2.51. The first-order valence-electron chi connectivity index (χ1n) is 7.07. The van der Waals surface area contributed by atoms with Crippen molar-refractivity contribution in [2.24, 2.45) is 5.73 Å². The molecule has 1 aromatic carbocycles. The molecular weight excluding hydrogens is 294 g/mol. The van der Waals surface area contributed by atoms with E-state index in [9.17, 15) is 9.90 Å². The Bertz CT molecular complexity index is 577. The molecule has 0 aliphatic carbocycles. The summed E-state index contributed by atoms with van der Waals surface area (Å²) in [5.74, 6) is -0.548. The molecule has 0 saturated heterocycles. The van der Waals surface area contributed by atoms with Crippen LogP contribution in [0.25, 0.3) is 0 Å². The van der Waals surface area contributed by atoms with E-state index < -0.39 is 11.9 Å². The van der Waals surface area contributed by atoms with Crippen molar-refractivity contribution < 1.29 is 19.4 Å². The van der Waals surface area contributed by atoms with E-state index in [1.807, 2.05) is 13.8 Å². The number of nitrogens with two attached hydrogens (primary N) is 1. The Morgan fingerprint density at radius 2 is 1.86 bits per heavy atom. The molecule has 0 spiro atoms. The van der Waals surface area contributed by atoms with Gasteiger partial charge in [0, 0.05) is 36.1 Å². The fourth-order valence-corrected chi connectivity index (χ4v) is 3.53. The number of benzene rings is 1. The van der Waals surface area contributed by atoms with E-state index in [2.05, 4.69) is 0 Å². The van der Waals surface area contributed by atoms with Gasteiger partial charge in [0.2, 0.25) is 0 Å². The van der Waals surface area contributed by atoms with E-state index in [-0.39, 0.29) is 18.8 Å². The van der Waals surface area contributed by atoms with Gasteiger partial charge in [-0.1, -0.05) is 11.6 Å². The molecule has 2 aliphatic rings.